The van der Waals surface area contributed by atoms with Crippen molar-refractivity contribution in [3.05, 3.63) is 16.1 Å². The van der Waals surface area contributed by atoms with Crippen LogP contribution in [0.3, 0.4) is 0 Å². The van der Waals surface area contributed by atoms with Gasteiger partial charge in [-0.15, -0.1) is 11.3 Å². The van der Waals surface area contributed by atoms with Gasteiger partial charge in [-0.3, -0.25) is 0 Å². The maximum absolute atomic E-state index is 4.47. The van der Waals surface area contributed by atoms with Crippen molar-refractivity contribution < 1.29 is 0 Å². The minimum atomic E-state index is 0.642. The van der Waals surface area contributed by atoms with Gasteiger partial charge in [0.2, 0.25) is 0 Å². The predicted octanol–water partition coefficient (Wildman–Crippen LogP) is 2.72. The molecule has 1 aliphatic rings. The molecular weight excluding hydrogens is 218 g/mol. The van der Waals surface area contributed by atoms with Gasteiger partial charge in [-0.05, 0) is 33.6 Å². The second-order valence-electron chi connectivity index (χ2n) is 4.73. The predicted molar refractivity (Wildman–Crippen MR) is 68.3 cm³/mol. The normalized spacial score (nSPS) is 27.2. The molecule has 0 aromatic carbocycles. The van der Waals surface area contributed by atoms with Crippen molar-refractivity contribution in [2.45, 2.75) is 58.7 Å². The lowest BCUT2D eigenvalue weighted by Gasteiger charge is -2.39. The van der Waals surface area contributed by atoms with Crippen LogP contribution in [0.1, 0.15) is 43.8 Å². The molecule has 1 N–H and O–H groups in total. The van der Waals surface area contributed by atoms with Crippen LogP contribution < -0.4 is 5.43 Å². The lowest BCUT2D eigenvalue weighted by Crippen LogP contribution is -2.51. The van der Waals surface area contributed by atoms with Crippen LogP contribution in [-0.2, 0) is 6.54 Å². The smallest absolute Gasteiger partial charge is 0.0897 e. The summed E-state index contributed by atoms with van der Waals surface area (Å²) in [5.41, 5.74) is 4.69. The molecule has 4 heteroatoms. The molecule has 0 spiro atoms. The van der Waals surface area contributed by atoms with Gasteiger partial charge in [-0.25, -0.2) is 15.4 Å². The van der Waals surface area contributed by atoms with Gasteiger partial charge in [0.25, 0.3) is 0 Å². The quantitative estimate of drug-likeness (QED) is 0.879. The Morgan fingerprint density at radius 3 is 2.69 bits per heavy atom. The zero-order chi connectivity index (χ0) is 11.5. The van der Waals surface area contributed by atoms with Gasteiger partial charge in [0.05, 0.1) is 17.2 Å². The van der Waals surface area contributed by atoms with E-state index in [1.54, 1.807) is 11.3 Å². The largest absolute Gasteiger partial charge is 0.249 e. The average Bonchev–Trinajstić information content (AvgIpc) is 2.63. The Hall–Kier alpha value is -0.450. The first-order valence-electron chi connectivity index (χ1n) is 6.09. The monoisotopic (exact) mass is 239 g/mol. The number of nitrogens with one attached hydrogen (secondary N) is 1. The molecule has 1 fully saturated rings. The van der Waals surface area contributed by atoms with Crippen LogP contribution in [0.15, 0.2) is 5.38 Å². The van der Waals surface area contributed by atoms with Crippen molar-refractivity contribution in [1.29, 1.82) is 0 Å². The Balaban J connectivity index is 1.88. The number of piperidine rings is 1. The molecule has 0 radical (unpaired) electrons. The first-order chi connectivity index (χ1) is 7.66. The molecule has 0 amide bonds. The molecule has 0 bridgehead atoms. The van der Waals surface area contributed by atoms with Crippen molar-refractivity contribution in [2.24, 2.45) is 0 Å². The van der Waals surface area contributed by atoms with Gasteiger partial charge in [0, 0.05) is 17.5 Å². The third kappa shape index (κ3) is 2.81. The van der Waals surface area contributed by atoms with Crippen LogP contribution >= 0.6 is 11.3 Å². The SMILES string of the molecule is Cc1nc(CNN2C(C)CCCC2C)cs1. The van der Waals surface area contributed by atoms with Gasteiger partial charge < -0.3 is 0 Å². The number of hydrogen-bond acceptors (Lipinski definition) is 4. The Kier molecular flexibility index (Phi) is 3.95. The Morgan fingerprint density at radius 2 is 2.12 bits per heavy atom. The topological polar surface area (TPSA) is 28.2 Å². The second-order valence-corrected chi connectivity index (χ2v) is 5.79. The van der Waals surface area contributed by atoms with Crippen LogP contribution in [0.4, 0.5) is 0 Å². The molecular formula is C12H21N3S. The molecule has 1 aromatic rings. The number of nitrogens with zero attached hydrogens (tertiary/aromatic N) is 2. The van der Waals surface area contributed by atoms with Crippen molar-refractivity contribution in [1.82, 2.24) is 15.4 Å². The van der Waals surface area contributed by atoms with Crippen LogP contribution in [0.5, 0.6) is 0 Å². The van der Waals surface area contributed by atoms with Crippen molar-refractivity contribution in [3.8, 4) is 0 Å². The van der Waals surface area contributed by atoms with E-state index >= 15 is 0 Å². The minimum Gasteiger partial charge on any atom is -0.249 e. The van der Waals surface area contributed by atoms with E-state index in [1.165, 1.54) is 19.3 Å². The van der Waals surface area contributed by atoms with E-state index in [-0.39, 0.29) is 0 Å². The number of aromatic nitrogens is 1. The first-order valence-corrected chi connectivity index (χ1v) is 6.97. The maximum atomic E-state index is 4.47. The molecule has 16 heavy (non-hydrogen) atoms. The molecule has 2 rings (SSSR count). The molecule has 1 aliphatic heterocycles. The highest BCUT2D eigenvalue weighted by atomic mass is 32.1. The van der Waals surface area contributed by atoms with Gasteiger partial charge in [0.1, 0.15) is 0 Å². The summed E-state index contributed by atoms with van der Waals surface area (Å²) in [4.78, 5) is 4.47. The fraction of sp³-hybridized carbons (Fsp3) is 0.750. The number of hydrazine groups is 1. The molecule has 0 saturated carbocycles. The summed E-state index contributed by atoms with van der Waals surface area (Å²) < 4.78 is 0. The van der Waals surface area contributed by atoms with E-state index in [0.717, 1.165) is 17.2 Å². The fourth-order valence-electron chi connectivity index (χ4n) is 2.39. The van der Waals surface area contributed by atoms with E-state index in [2.05, 4.69) is 41.6 Å². The van der Waals surface area contributed by atoms with Crippen molar-refractivity contribution in [3.63, 3.8) is 0 Å². The Labute approximate surface area is 102 Å². The average molecular weight is 239 g/mol. The lowest BCUT2D eigenvalue weighted by molar-refractivity contribution is 0.0432. The molecule has 1 saturated heterocycles. The summed E-state index contributed by atoms with van der Waals surface area (Å²) in [5, 5.41) is 5.69. The van der Waals surface area contributed by atoms with E-state index in [0.29, 0.717) is 12.1 Å². The number of aryl methyl sites for hydroxylation is 1. The summed E-state index contributed by atoms with van der Waals surface area (Å²) in [6.07, 6.45) is 3.96. The Morgan fingerprint density at radius 1 is 1.44 bits per heavy atom. The summed E-state index contributed by atoms with van der Waals surface area (Å²) in [7, 11) is 0. The minimum absolute atomic E-state index is 0.642. The third-order valence-corrected chi connectivity index (χ3v) is 4.13. The second kappa shape index (κ2) is 5.25. The summed E-state index contributed by atoms with van der Waals surface area (Å²) in [6.45, 7) is 7.52. The van der Waals surface area contributed by atoms with E-state index < -0.39 is 0 Å². The standard InChI is InChI=1S/C12H21N3S/c1-9-5-4-6-10(2)15(9)13-7-12-8-16-11(3)14-12/h8-10,13H,4-7H2,1-3H3. The first kappa shape index (κ1) is 12.0. The van der Waals surface area contributed by atoms with E-state index in [9.17, 15) is 0 Å². The summed E-state index contributed by atoms with van der Waals surface area (Å²) in [6, 6.07) is 1.28. The highest BCUT2D eigenvalue weighted by molar-refractivity contribution is 7.09. The highest BCUT2D eigenvalue weighted by Crippen LogP contribution is 2.20. The van der Waals surface area contributed by atoms with Crippen LogP contribution in [0, 0.1) is 6.92 Å². The van der Waals surface area contributed by atoms with Crippen LogP contribution in [-0.4, -0.2) is 22.1 Å². The Bertz CT molecular complexity index is 327. The van der Waals surface area contributed by atoms with Crippen LogP contribution in [0.25, 0.3) is 0 Å². The molecule has 0 aliphatic carbocycles. The van der Waals surface area contributed by atoms with Gasteiger partial charge in [-0.1, -0.05) is 6.42 Å². The van der Waals surface area contributed by atoms with Gasteiger partial charge >= 0.3 is 0 Å². The molecule has 3 nitrogen and oxygen atoms in total. The number of hydrogen-bond donors (Lipinski definition) is 1. The molecule has 2 heterocycles. The van der Waals surface area contributed by atoms with Gasteiger partial charge in [0.15, 0.2) is 0 Å². The summed E-state index contributed by atoms with van der Waals surface area (Å²) in [5.74, 6) is 0. The zero-order valence-corrected chi connectivity index (χ0v) is 11.2. The van der Waals surface area contributed by atoms with Gasteiger partial charge in [-0.2, -0.15) is 0 Å². The maximum Gasteiger partial charge on any atom is 0.0897 e. The van der Waals surface area contributed by atoms with Crippen molar-refractivity contribution >= 4 is 11.3 Å². The highest BCUT2D eigenvalue weighted by Gasteiger charge is 2.24. The summed E-state index contributed by atoms with van der Waals surface area (Å²) >= 11 is 1.72. The molecule has 2 atom stereocenters. The third-order valence-electron chi connectivity index (χ3n) is 3.30. The van der Waals surface area contributed by atoms with Crippen LogP contribution in [0.2, 0.25) is 0 Å². The molecule has 1 aromatic heterocycles. The number of thiazole rings is 1. The molecule has 2 unspecified atom stereocenters. The van der Waals surface area contributed by atoms with E-state index in [1.807, 2.05) is 0 Å². The number of rotatable bonds is 3. The van der Waals surface area contributed by atoms with E-state index in [4.69, 9.17) is 0 Å². The lowest BCUT2D eigenvalue weighted by atomic mass is 10.00. The van der Waals surface area contributed by atoms with Crippen molar-refractivity contribution in [2.75, 3.05) is 0 Å². The fourth-order valence-corrected chi connectivity index (χ4v) is 3.01. The zero-order valence-electron chi connectivity index (χ0n) is 10.4. The molecule has 90 valence electrons.